The molecule has 2 aliphatic heterocycles. The lowest BCUT2D eigenvalue weighted by atomic mass is 9.87. The maximum absolute atomic E-state index is 14.4. The molecule has 0 radical (unpaired) electrons. The van der Waals surface area contributed by atoms with Crippen molar-refractivity contribution in [1.29, 1.82) is 0 Å². The van der Waals surface area contributed by atoms with Crippen LogP contribution in [0.25, 0.3) is 0 Å². The van der Waals surface area contributed by atoms with Crippen molar-refractivity contribution >= 4 is 23.4 Å². The fourth-order valence-corrected chi connectivity index (χ4v) is 4.99. The summed E-state index contributed by atoms with van der Waals surface area (Å²) < 4.78 is 34.2. The predicted octanol–water partition coefficient (Wildman–Crippen LogP) is 3.99. The normalized spacial score (nSPS) is 19.5. The molecule has 1 saturated heterocycles. The minimum Gasteiger partial charge on any atom is -0.381 e. The van der Waals surface area contributed by atoms with Crippen molar-refractivity contribution in [2.45, 2.75) is 51.6 Å². The Morgan fingerprint density at radius 3 is 2.41 bits per heavy atom. The number of fused-ring (bicyclic) bond motifs is 1. The molecule has 0 unspecified atom stereocenters. The van der Waals surface area contributed by atoms with Gasteiger partial charge >= 0.3 is 0 Å². The number of para-hydroxylation sites is 1. The number of amides is 3. The van der Waals surface area contributed by atoms with Gasteiger partial charge in [-0.15, -0.1) is 0 Å². The quantitative estimate of drug-likeness (QED) is 0.586. The molecule has 2 aromatic carbocycles. The van der Waals surface area contributed by atoms with Crippen molar-refractivity contribution in [3.8, 4) is 0 Å². The van der Waals surface area contributed by atoms with Gasteiger partial charge in [0.15, 0.2) is 0 Å². The number of halogens is 2. The minimum absolute atomic E-state index is 0.154. The minimum atomic E-state index is -1.11. The molecule has 0 spiro atoms. The summed E-state index contributed by atoms with van der Waals surface area (Å²) in [5, 5.41) is 5.32. The van der Waals surface area contributed by atoms with Crippen LogP contribution in [0.4, 0.5) is 14.5 Å². The Morgan fingerprint density at radius 2 is 1.73 bits per heavy atom. The van der Waals surface area contributed by atoms with Crippen molar-refractivity contribution in [1.82, 2.24) is 10.2 Å². The number of ether oxygens (including phenoxy) is 1. The van der Waals surface area contributed by atoms with Gasteiger partial charge in [-0.25, -0.2) is 8.78 Å². The van der Waals surface area contributed by atoms with Gasteiger partial charge in [-0.3, -0.25) is 14.4 Å². The third kappa shape index (κ3) is 5.82. The average molecular weight is 514 g/mol. The van der Waals surface area contributed by atoms with Gasteiger partial charge in [0.1, 0.15) is 29.4 Å². The monoisotopic (exact) mass is 513 g/mol. The Labute approximate surface area is 215 Å². The molecule has 1 fully saturated rings. The molecule has 0 bridgehead atoms. The molecule has 9 heteroatoms. The molecule has 4 rings (SSSR count). The first-order chi connectivity index (χ1) is 17.8. The van der Waals surface area contributed by atoms with Crippen LogP contribution in [0, 0.1) is 23.5 Å². The van der Waals surface area contributed by atoms with Crippen molar-refractivity contribution in [2.75, 3.05) is 25.1 Å². The molecular weight excluding hydrogens is 480 g/mol. The molecule has 0 saturated carbocycles. The highest BCUT2D eigenvalue weighted by Crippen LogP contribution is 2.33. The Hall–Kier alpha value is -3.33. The smallest absolute Gasteiger partial charge is 0.251 e. The van der Waals surface area contributed by atoms with Crippen molar-refractivity contribution < 1.29 is 27.9 Å². The Bertz CT molecular complexity index is 1130. The first kappa shape index (κ1) is 26.7. The van der Waals surface area contributed by atoms with E-state index in [0.29, 0.717) is 44.5 Å². The van der Waals surface area contributed by atoms with Crippen LogP contribution >= 0.6 is 0 Å². The highest BCUT2D eigenvalue weighted by atomic mass is 19.1. The van der Waals surface area contributed by atoms with E-state index in [9.17, 15) is 23.2 Å². The van der Waals surface area contributed by atoms with Gasteiger partial charge in [0, 0.05) is 25.7 Å². The summed E-state index contributed by atoms with van der Waals surface area (Å²) in [6.45, 7) is 4.89. The lowest BCUT2D eigenvalue weighted by Crippen LogP contribution is -2.57. The van der Waals surface area contributed by atoms with E-state index in [0.717, 1.165) is 17.7 Å². The summed E-state index contributed by atoms with van der Waals surface area (Å²) in [6, 6.07) is 8.61. The number of hydrogen-bond donors (Lipinski definition) is 2. The Balaban J connectivity index is 1.68. The van der Waals surface area contributed by atoms with Crippen LogP contribution in [-0.4, -0.2) is 48.4 Å². The molecule has 2 aliphatic rings. The Kier molecular flexibility index (Phi) is 8.53. The van der Waals surface area contributed by atoms with Gasteiger partial charge in [-0.2, -0.15) is 0 Å². The summed E-state index contributed by atoms with van der Waals surface area (Å²) in [5.41, 5.74) is 0.913. The highest BCUT2D eigenvalue weighted by molar-refractivity contribution is 6.00. The van der Waals surface area contributed by atoms with Gasteiger partial charge in [0.2, 0.25) is 11.8 Å². The van der Waals surface area contributed by atoms with E-state index in [1.165, 1.54) is 11.0 Å². The number of rotatable bonds is 7. The largest absolute Gasteiger partial charge is 0.381 e. The zero-order valence-corrected chi connectivity index (χ0v) is 21.1. The molecule has 198 valence electrons. The lowest BCUT2D eigenvalue weighted by Gasteiger charge is -2.40. The highest BCUT2D eigenvalue weighted by Gasteiger charge is 2.42. The summed E-state index contributed by atoms with van der Waals surface area (Å²) in [5.74, 6) is -3.57. The zero-order chi connectivity index (χ0) is 26.5. The van der Waals surface area contributed by atoms with Gasteiger partial charge < -0.3 is 20.3 Å². The first-order valence-electron chi connectivity index (χ1n) is 12.8. The second-order valence-electron chi connectivity index (χ2n) is 9.71. The summed E-state index contributed by atoms with van der Waals surface area (Å²) >= 11 is 0. The van der Waals surface area contributed by atoms with E-state index in [1.54, 1.807) is 19.1 Å². The maximum Gasteiger partial charge on any atom is 0.251 e. The van der Waals surface area contributed by atoms with Gasteiger partial charge in [0.25, 0.3) is 5.91 Å². The van der Waals surface area contributed by atoms with Gasteiger partial charge in [0.05, 0.1) is 0 Å². The summed E-state index contributed by atoms with van der Waals surface area (Å²) in [6.07, 6.45) is 2.33. The van der Waals surface area contributed by atoms with E-state index in [2.05, 4.69) is 10.6 Å². The number of nitrogens with zero attached hydrogens (tertiary/aromatic N) is 1. The molecule has 0 aliphatic carbocycles. The fourth-order valence-electron chi connectivity index (χ4n) is 4.99. The molecule has 3 atom stereocenters. The second kappa shape index (κ2) is 11.8. The molecule has 2 N–H and O–H groups in total. The number of benzene rings is 2. The molecule has 2 aromatic rings. The molecule has 2 heterocycles. The summed E-state index contributed by atoms with van der Waals surface area (Å²) in [4.78, 5) is 42.0. The maximum atomic E-state index is 14.4. The van der Waals surface area contributed by atoms with Crippen molar-refractivity contribution in [3.63, 3.8) is 0 Å². The molecule has 37 heavy (non-hydrogen) atoms. The standard InChI is InChI=1S/C28H33F2N3O4/c1-3-17(2)26(34)31-23(19-12-15-37-16-13-19)28(36)33-14-11-18-7-4-5-8-20(18)25(33)27(35)32-24-21(29)9-6-10-22(24)30/h4-10,17,19,23,25H,3,11-16H2,1-2H3,(H,31,34)(H,32,35)/t17-,23+,25+/m1/s1. The van der Waals surface area contributed by atoms with Crippen LogP contribution in [0.1, 0.15) is 50.3 Å². The molecular formula is C28H33F2N3O4. The number of carbonyl (C=O) groups is 3. The zero-order valence-electron chi connectivity index (χ0n) is 21.1. The SMILES string of the molecule is CC[C@@H](C)C(=O)N[C@H](C(=O)N1CCc2ccccc2[C@H]1C(=O)Nc1c(F)cccc1F)C1CCOCC1. The third-order valence-electron chi connectivity index (χ3n) is 7.39. The van der Waals surface area contributed by atoms with E-state index in [4.69, 9.17) is 4.74 Å². The fraction of sp³-hybridized carbons (Fsp3) is 0.464. The molecule has 0 aromatic heterocycles. The topological polar surface area (TPSA) is 87.7 Å². The van der Waals surface area contributed by atoms with E-state index in [1.807, 2.05) is 19.1 Å². The average Bonchev–Trinajstić information content (AvgIpc) is 2.92. The number of carbonyl (C=O) groups excluding carboxylic acids is 3. The van der Waals surface area contributed by atoms with E-state index < -0.39 is 35.3 Å². The van der Waals surface area contributed by atoms with Crippen LogP contribution in [0.2, 0.25) is 0 Å². The number of nitrogens with one attached hydrogen (secondary N) is 2. The van der Waals surface area contributed by atoms with Crippen LogP contribution in [0.3, 0.4) is 0 Å². The number of hydrogen-bond acceptors (Lipinski definition) is 4. The third-order valence-corrected chi connectivity index (χ3v) is 7.39. The van der Waals surface area contributed by atoms with Gasteiger partial charge in [-0.05, 0) is 54.9 Å². The molecule has 3 amide bonds. The van der Waals surface area contributed by atoms with E-state index >= 15 is 0 Å². The van der Waals surface area contributed by atoms with Crippen LogP contribution < -0.4 is 10.6 Å². The molecule has 7 nitrogen and oxygen atoms in total. The second-order valence-corrected chi connectivity index (χ2v) is 9.71. The predicted molar refractivity (Wildman–Crippen MR) is 135 cm³/mol. The van der Waals surface area contributed by atoms with Crippen molar-refractivity contribution in [3.05, 3.63) is 65.2 Å². The van der Waals surface area contributed by atoms with Crippen LogP contribution in [0.5, 0.6) is 0 Å². The lowest BCUT2D eigenvalue weighted by molar-refractivity contribution is -0.145. The first-order valence-corrected chi connectivity index (χ1v) is 12.8. The van der Waals surface area contributed by atoms with Crippen LogP contribution in [0.15, 0.2) is 42.5 Å². The van der Waals surface area contributed by atoms with Crippen molar-refractivity contribution in [2.24, 2.45) is 11.8 Å². The van der Waals surface area contributed by atoms with Gasteiger partial charge in [-0.1, -0.05) is 44.2 Å². The summed E-state index contributed by atoms with van der Waals surface area (Å²) in [7, 11) is 0. The van der Waals surface area contributed by atoms with Crippen LogP contribution in [-0.2, 0) is 25.5 Å². The van der Waals surface area contributed by atoms with E-state index in [-0.39, 0.29) is 30.2 Å². The number of anilines is 1. The Morgan fingerprint density at radius 1 is 1.05 bits per heavy atom.